The molecule has 18 nitrogen and oxygen atoms in total. The SMILES string of the molecule is CCNCOc1cc(OCCNC)c2c3c1C(O)Nc1cc4c(c(c1-3)CC2)C(O)C(c1cc(OC)c(O)c(OCC(CO)C23CC(C5(N6C(=O)C=C(CNC)C6=O)CCCCC5)CC5C6C(C=CC(CCO)C6CO)C(CC52)c2ccccc23)c1)CO4. The quantitative estimate of drug-likeness (QED) is 0.0164. The van der Waals surface area contributed by atoms with E-state index in [4.69, 9.17) is 23.7 Å². The van der Waals surface area contributed by atoms with Crippen LogP contribution < -0.4 is 45.0 Å². The maximum Gasteiger partial charge on any atom is 0.258 e. The number of rotatable bonds is 22. The smallest absolute Gasteiger partial charge is 0.258 e. The van der Waals surface area contributed by atoms with Crippen molar-refractivity contribution in [1.29, 1.82) is 0 Å². The standard InChI is InChI=1S/C69H87N5O13/c1-5-72-36-87-55-29-53(84-22-20-70-2)44-15-16-45-60-52(73-66(81)63(55)62(44)60)28-54-61(45)64(79)49(35-86-54)38-23-56(83-4)65(80)57(24-38)85-34-41(32-76)69-30-40(68(18-9-6-10-19-68)74-58(78)25-39(31-71-3)67(74)82)26-47-51(69)27-46(42-11-7-8-12-50(42)69)43-14-13-37(17-21-75)48(33-77)59(43)47/h7-8,11-14,23-25,28-29,37,40-41,43,46-49,51,59,64,66,70-73,75-77,79-81H,5-6,9-10,15-22,26-27,30-36H2,1-4H3. The summed E-state index contributed by atoms with van der Waals surface area (Å²) in [6.07, 6.45) is 11.8. The van der Waals surface area contributed by atoms with E-state index >= 15 is 0 Å². The number of phenols is 1. The van der Waals surface area contributed by atoms with E-state index in [-0.39, 0.29) is 123 Å². The predicted molar refractivity (Wildman–Crippen MR) is 327 cm³/mol. The molecule has 2 amide bonds. The van der Waals surface area contributed by atoms with E-state index in [9.17, 15) is 40.2 Å². The van der Waals surface area contributed by atoms with Crippen LogP contribution in [0.1, 0.15) is 128 Å². The van der Waals surface area contributed by atoms with Gasteiger partial charge in [-0.05, 0) is 154 Å². The van der Waals surface area contributed by atoms with Crippen molar-refractivity contribution >= 4 is 17.5 Å². The highest BCUT2D eigenvalue weighted by atomic mass is 16.5. The number of carbonyl (C=O) groups is 2. The monoisotopic (exact) mass is 1190 g/mol. The molecule has 466 valence electrons. The fraction of sp³-hybridized carbons (Fsp3) is 0.565. The molecule has 2 bridgehead atoms. The second kappa shape index (κ2) is 24.3. The normalized spacial score (nSPS) is 29.8. The fourth-order valence-corrected chi connectivity index (χ4v) is 18.7. The number of hydrogen-bond acceptors (Lipinski definition) is 17. The van der Waals surface area contributed by atoms with Gasteiger partial charge in [-0.2, -0.15) is 0 Å². The maximum atomic E-state index is 14.8. The number of nitrogens with one attached hydrogen (secondary N) is 4. The zero-order valence-corrected chi connectivity index (χ0v) is 50.6. The first-order valence-electron chi connectivity index (χ1n) is 32.0. The van der Waals surface area contributed by atoms with Crippen LogP contribution in [0.5, 0.6) is 34.5 Å². The largest absolute Gasteiger partial charge is 0.502 e. The molecule has 3 heterocycles. The van der Waals surface area contributed by atoms with Gasteiger partial charge >= 0.3 is 0 Å². The van der Waals surface area contributed by atoms with Crippen LogP contribution in [0, 0.1) is 47.3 Å². The molecule has 6 aliphatic carbocycles. The Morgan fingerprint density at radius 2 is 1.68 bits per heavy atom. The zero-order chi connectivity index (χ0) is 60.5. The summed E-state index contributed by atoms with van der Waals surface area (Å²) in [5, 5.41) is 84.0. The van der Waals surface area contributed by atoms with Crippen LogP contribution in [0.15, 0.2) is 72.3 Å². The van der Waals surface area contributed by atoms with E-state index in [1.807, 2.05) is 26.1 Å². The van der Waals surface area contributed by atoms with Crippen LogP contribution in [0.25, 0.3) is 11.1 Å². The number of benzene rings is 4. The van der Waals surface area contributed by atoms with E-state index in [1.165, 1.54) is 18.7 Å². The fourth-order valence-electron chi connectivity index (χ4n) is 18.7. The summed E-state index contributed by atoms with van der Waals surface area (Å²) < 4.78 is 32.3. The molecule has 4 aromatic carbocycles. The Bertz CT molecular complexity index is 3340. The minimum atomic E-state index is -1.10. The van der Waals surface area contributed by atoms with Gasteiger partial charge in [0.2, 0.25) is 5.75 Å². The summed E-state index contributed by atoms with van der Waals surface area (Å²) in [6.45, 7) is 3.96. The topological polar surface area (TPSA) is 253 Å². The molecule has 0 aromatic heterocycles. The molecule has 13 atom stereocenters. The first-order chi connectivity index (χ1) is 42.4. The average Bonchev–Trinajstić information content (AvgIpc) is 0.804. The highest BCUT2D eigenvalue weighted by Gasteiger charge is 2.67. The molecule has 10 N–H and O–H groups in total. The Morgan fingerprint density at radius 3 is 2.44 bits per heavy atom. The molecule has 0 spiro atoms. The Kier molecular flexibility index (Phi) is 16.7. The van der Waals surface area contributed by atoms with Crippen molar-refractivity contribution in [2.45, 2.75) is 113 Å². The van der Waals surface area contributed by atoms with Gasteiger partial charge < -0.3 is 70.3 Å². The first-order valence-corrected chi connectivity index (χ1v) is 32.0. The number of ether oxygens (including phenoxy) is 5. The number of nitrogens with zero attached hydrogens (tertiary/aromatic N) is 1. The molecule has 13 unspecified atom stereocenters. The molecule has 3 aliphatic heterocycles. The van der Waals surface area contributed by atoms with Crippen LogP contribution in [-0.2, 0) is 27.8 Å². The minimum absolute atomic E-state index is 0.00147. The third-order valence-electron chi connectivity index (χ3n) is 22.3. The molecule has 4 aromatic rings. The van der Waals surface area contributed by atoms with Gasteiger partial charge in [-0.3, -0.25) is 19.8 Å². The highest BCUT2D eigenvalue weighted by molar-refractivity contribution is 6.17. The van der Waals surface area contributed by atoms with Gasteiger partial charge in [-0.15, -0.1) is 0 Å². The number of carbonyl (C=O) groups excluding carboxylic acids is 2. The molecule has 18 heteroatoms. The Morgan fingerprint density at radius 1 is 0.874 bits per heavy atom. The Balaban J connectivity index is 0.884. The van der Waals surface area contributed by atoms with E-state index in [0.717, 1.165) is 59.9 Å². The molecule has 0 saturated heterocycles. The van der Waals surface area contributed by atoms with Crippen molar-refractivity contribution in [2.24, 2.45) is 47.3 Å². The molecule has 0 radical (unpaired) electrons. The number of amides is 2. The number of allylic oxidation sites excluding steroid dienone is 2. The van der Waals surface area contributed by atoms with Gasteiger partial charge in [0.05, 0.1) is 44.1 Å². The predicted octanol–water partition coefficient (Wildman–Crippen LogP) is 7.03. The van der Waals surface area contributed by atoms with Crippen LogP contribution in [0.3, 0.4) is 0 Å². The lowest BCUT2D eigenvalue weighted by Crippen LogP contribution is -2.67. The zero-order valence-electron chi connectivity index (χ0n) is 50.6. The van der Waals surface area contributed by atoms with Crippen molar-refractivity contribution in [3.63, 3.8) is 0 Å². The maximum absolute atomic E-state index is 14.8. The second-order valence-corrected chi connectivity index (χ2v) is 26.1. The molecular formula is C69H87N5O13. The number of anilines is 1. The van der Waals surface area contributed by atoms with Crippen LogP contribution in [0.4, 0.5) is 5.69 Å². The van der Waals surface area contributed by atoms with E-state index in [0.29, 0.717) is 103 Å². The molecule has 3 saturated carbocycles. The summed E-state index contributed by atoms with van der Waals surface area (Å²) in [6, 6.07) is 15.9. The number of phenolic OH excluding ortho intramolecular Hbond substituents is 1. The summed E-state index contributed by atoms with van der Waals surface area (Å²) >= 11 is 0. The summed E-state index contributed by atoms with van der Waals surface area (Å²) in [4.78, 5) is 31.0. The van der Waals surface area contributed by atoms with Gasteiger partial charge in [0.15, 0.2) is 17.7 Å². The van der Waals surface area contributed by atoms with Crippen LogP contribution >= 0.6 is 0 Å². The molecular weight excluding hydrogens is 1110 g/mol. The number of fused-ring (bicyclic) bond motifs is 9. The van der Waals surface area contributed by atoms with E-state index in [2.05, 4.69) is 57.7 Å². The van der Waals surface area contributed by atoms with Crippen LogP contribution in [0.2, 0.25) is 0 Å². The lowest BCUT2D eigenvalue weighted by Gasteiger charge is -2.68. The highest BCUT2D eigenvalue weighted by Crippen LogP contribution is 2.71. The lowest BCUT2D eigenvalue weighted by atomic mass is 9.37. The van der Waals surface area contributed by atoms with Crippen molar-refractivity contribution in [2.75, 3.05) is 92.5 Å². The number of aliphatic hydroxyl groups excluding tert-OH is 5. The minimum Gasteiger partial charge on any atom is -0.502 e. The van der Waals surface area contributed by atoms with Crippen LogP contribution in [-0.4, -0.2) is 140 Å². The van der Waals surface area contributed by atoms with Gasteiger partial charge in [0, 0.05) is 95.3 Å². The number of methoxy groups -OCH3 is 1. The Labute approximate surface area is 509 Å². The molecule has 87 heavy (non-hydrogen) atoms. The van der Waals surface area contributed by atoms with E-state index in [1.54, 1.807) is 24.1 Å². The van der Waals surface area contributed by atoms with Crippen molar-refractivity contribution in [1.82, 2.24) is 20.9 Å². The van der Waals surface area contributed by atoms with Crippen molar-refractivity contribution < 1.29 is 63.9 Å². The van der Waals surface area contributed by atoms with Gasteiger partial charge in [0.1, 0.15) is 30.6 Å². The second-order valence-electron chi connectivity index (χ2n) is 26.1. The Hall–Kier alpha value is -6.22. The average molecular weight is 1190 g/mol. The summed E-state index contributed by atoms with van der Waals surface area (Å²) in [7, 11) is 5.14. The number of aromatic hydroxyl groups is 1. The molecule has 9 aliphatic rings. The summed E-state index contributed by atoms with van der Waals surface area (Å²) in [5.41, 5.74) is 7.27. The van der Waals surface area contributed by atoms with Gasteiger partial charge in [-0.25, -0.2) is 0 Å². The van der Waals surface area contributed by atoms with Gasteiger partial charge in [-0.1, -0.05) is 62.6 Å². The van der Waals surface area contributed by atoms with Crippen molar-refractivity contribution in [3.05, 3.63) is 111 Å². The number of aliphatic hydroxyl groups is 5. The van der Waals surface area contributed by atoms with E-state index < -0.39 is 35.1 Å². The van der Waals surface area contributed by atoms with Crippen molar-refractivity contribution in [3.8, 4) is 45.6 Å². The van der Waals surface area contributed by atoms with Gasteiger partial charge in [0.25, 0.3) is 11.8 Å². The number of likely N-dealkylation sites (N-methyl/N-ethyl adjacent to an activating group) is 2. The number of imide groups is 1. The number of hydrogen-bond donors (Lipinski definition) is 10. The first kappa shape index (κ1) is 59.7. The summed E-state index contributed by atoms with van der Waals surface area (Å²) in [5.74, 6) is -0.146. The lowest BCUT2D eigenvalue weighted by molar-refractivity contribution is -0.161. The molecule has 13 rings (SSSR count). The third kappa shape index (κ3) is 9.64. The molecule has 3 fully saturated rings. The third-order valence-corrected chi connectivity index (χ3v) is 22.3.